The summed E-state index contributed by atoms with van der Waals surface area (Å²) in [6.45, 7) is 4.84. The van der Waals surface area contributed by atoms with E-state index in [4.69, 9.17) is 23.2 Å². The minimum atomic E-state index is 0.0848. The predicted molar refractivity (Wildman–Crippen MR) is 69.1 cm³/mol. The highest BCUT2D eigenvalue weighted by Gasteiger charge is 2.08. The molecule has 0 aliphatic heterocycles. The summed E-state index contributed by atoms with van der Waals surface area (Å²) in [6, 6.07) is 0. The van der Waals surface area contributed by atoms with Crippen molar-refractivity contribution in [3.8, 4) is 0 Å². The topological polar surface area (TPSA) is 17.8 Å². The Morgan fingerprint density at radius 1 is 1.40 bits per heavy atom. The summed E-state index contributed by atoms with van der Waals surface area (Å²) in [5.41, 5.74) is 1.96. The largest absolute Gasteiger partial charge is 0.268 e. The maximum atomic E-state index is 6.05. The molecule has 2 nitrogen and oxygen atoms in total. The van der Waals surface area contributed by atoms with E-state index in [0.29, 0.717) is 0 Å². The van der Waals surface area contributed by atoms with Crippen LogP contribution in [0.2, 0.25) is 5.02 Å². The molecular weight excluding hydrogens is 299 g/mol. The van der Waals surface area contributed by atoms with Crippen molar-refractivity contribution in [3.05, 3.63) is 16.4 Å². The van der Waals surface area contributed by atoms with E-state index in [1.54, 1.807) is 0 Å². The molecule has 1 aromatic heterocycles. The van der Waals surface area contributed by atoms with Crippen LogP contribution in [0, 0.1) is 13.8 Å². The fraction of sp³-hybridized carbons (Fsp3) is 0.700. The van der Waals surface area contributed by atoms with Crippen LogP contribution in [-0.4, -0.2) is 14.1 Å². The van der Waals surface area contributed by atoms with Gasteiger partial charge < -0.3 is 0 Å². The zero-order valence-corrected chi connectivity index (χ0v) is 12.0. The van der Waals surface area contributed by atoms with E-state index >= 15 is 0 Å². The first-order valence-electron chi connectivity index (χ1n) is 5.00. The minimum absolute atomic E-state index is 0.0848. The van der Waals surface area contributed by atoms with Gasteiger partial charge in [-0.25, -0.2) is 0 Å². The first-order valence-corrected chi connectivity index (χ1v) is 6.73. The molecule has 1 unspecified atom stereocenters. The van der Waals surface area contributed by atoms with E-state index < -0.39 is 0 Å². The highest BCUT2D eigenvalue weighted by atomic mass is 79.9. The number of rotatable bonds is 5. The van der Waals surface area contributed by atoms with E-state index in [9.17, 15) is 0 Å². The molecule has 0 radical (unpaired) electrons. The fourth-order valence-corrected chi connectivity index (χ4v) is 2.07. The van der Waals surface area contributed by atoms with E-state index in [0.717, 1.165) is 42.2 Å². The molecule has 0 saturated heterocycles. The van der Waals surface area contributed by atoms with Crippen molar-refractivity contribution in [1.29, 1.82) is 0 Å². The molecule has 0 N–H and O–H groups in total. The maximum Gasteiger partial charge on any atom is 0.0886 e. The van der Waals surface area contributed by atoms with Gasteiger partial charge >= 0.3 is 0 Å². The SMILES string of the molecule is Cc1nn(CCCCC(Cl)Br)c(C)c1Cl. The quantitative estimate of drug-likeness (QED) is 0.586. The Morgan fingerprint density at radius 3 is 2.53 bits per heavy atom. The molecule has 0 aliphatic rings. The fourth-order valence-electron chi connectivity index (χ4n) is 1.45. The van der Waals surface area contributed by atoms with Gasteiger partial charge in [0.2, 0.25) is 0 Å². The third-order valence-electron chi connectivity index (χ3n) is 2.34. The second-order valence-electron chi connectivity index (χ2n) is 3.59. The lowest BCUT2D eigenvalue weighted by Crippen LogP contribution is -2.03. The highest BCUT2D eigenvalue weighted by molar-refractivity contribution is 9.10. The molecule has 0 aliphatic carbocycles. The van der Waals surface area contributed by atoms with Crippen molar-refractivity contribution in [3.63, 3.8) is 0 Å². The van der Waals surface area contributed by atoms with Gasteiger partial charge in [-0.3, -0.25) is 4.68 Å². The smallest absolute Gasteiger partial charge is 0.0886 e. The lowest BCUT2D eigenvalue weighted by atomic mass is 10.2. The molecule has 0 spiro atoms. The molecule has 5 heteroatoms. The highest BCUT2D eigenvalue weighted by Crippen LogP contribution is 2.20. The number of unbranched alkanes of at least 4 members (excludes halogenated alkanes) is 1. The van der Waals surface area contributed by atoms with Gasteiger partial charge in [-0.1, -0.05) is 27.5 Å². The van der Waals surface area contributed by atoms with Crippen LogP contribution in [0.3, 0.4) is 0 Å². The number of aromatic nitrogens is 2. The number of nitrogens with zero attached hydrogens (tertiary/aromatic N) is 2. The first-order chi connectivity index (χ1) is 7.02. The molecule has 1 rings (SSSR count). The lowest BCUT2D eigenvalue weighted by molar-refractivity contribution is 0.539. The third kappa shape index (κ3) is 3.97. The zero-order valence-electron chi connectivity index (χ0n) is 8.93. The van der Waals surface area contributed by atoms with Gasteiger partial charge in [-0.15, -0.1) is 11.6 Å². The maximum absolute atomic E-state index is 6.05. The van der Waals surface area contributed by atoms with Crippen LogP contribution in [-0.2, 0) is 6.54 Å². The van der Waals surface area contributed by atoms with E-state index in [2.05, 4.69) is 21.0 Å². The van der Waals surface area contributed by atoms with Gasteiger partial charge in [0.15, 0.2) is 0 Å². The van der Waals surface area contributed by atoms with Crippen LogP contribution >= 0.6 is 39.1 Å². The van der Waals surface area contributed by atoms with Crippen molar-refractivity contribution in [2.24, 2.45) is 0 Å². The van der Waals surface area contributed by atoms with Crippen LogP contribution in [0.1, 0.15) is 30.7 Å². The molecule has 1 atom stereocenters. The molecule has 1 heterocycles. The number of aryl methyl sites for hydroxylation is 2. The van der Waals surface area contributed by atoms with Crippen molar-refractivity contribution in [2.75, 3.05) is 0 Å². The Labute approximate surface area is 109 Å². The second kappa shape index (κ2) is 6.12. The first kappa shape index (κ1) is 13.3. The minimum Gasteiger partial charge on any atom is -0.268 e. The van der Waals surface area contributed by atoms with Crippen LogP contribution < -0.4 is 0 Å². The third-order valence-corrected chi connectivity index (χ3v) is 3.56. The molecule has 1 aromatic rings. The number of hydrogen-bond acceptors (Lipinski definition) is 1. The molecule has 0 aromatic carbocycles. The monoisotopic (exact) mass is 312 g/mol. The second-order valence-corrected chi connectivity index (χ2v) is 6.13. The van der Waals surface area contributed by atoms with Gasteiger partial charge in [-0.05, 0) is 33.1 Å². The van der Waals surface area contributed by atoms with Crippen LogP contribution in [0.25, 0.3) is 0 Å². The van der Waals surface area contributed by atoms with Crippen LogP contribution in [0.4, 0.5) is 0 Å². The molecule has 0 fully saturated rings. The standard InChI is InChI=1S/C10H15BrCl2N2/c1-7-10(13)8(2)15(14-7)6-4-3-5-9(11)12/h9H,3-6H2,1-2H3. The van der Waals surface area contributed by atoms with Gasteiger partial charge in [0.25, 0.3) is 0 Å². The van der Waals surface area contributed by atoms with Crippen LogP contribution in [0.15, 0.2) is 0 Å². The zero-order chi connectivity index (χ0) is 11.4. The van der Waals surface area contributed by atoms with Crippen molar-refractivity contribution < 1.29 is 0 Å². The Kier molecular flexibility index (Phi) is 5.44. The molecule has 15 heavy (non-hydrogen) atoms. The van der Waals surface area contributed by atoms with Crippen molar-refractivity contribution in [2.45, 2.75) is 43.9 Å². The summed E-state index contributed by atoms with van der Waals surface area (Å²) in [4.78, 5) is 0. The van der Waals surface area contributed by atoms with Gasteiger partial charge in [0.05, 0.1) is 20.7 Å². The molecule has 86 valence electrons. The Morgan fingerprint density at radius 2 is 2.07 bits per heavy atom. The van der Waals surface area contributed by atoms with Crippen molar-refractivity contribution in [1.82, 2.24) is 9.78 Å². The number of alkyl halides is 2. The Balaban J connectivity index is 2.41. The molecular formula is C10H15BrCl2N2. The average molecular weight is 314 g/mol. The summed E-state index contributed by atoms with van der Waals surface area (Å²) < 4.78 is 2.05. The Hall–Kier alpha value is 0.270. The van der Waals surface area contributed by atoms with Gasteiger partial charge in [0.1, 0.15) is 0 Å². The Bertz CT molecular complexity index is 323. The molecule has 0 bridgehead atoms. The summed E-state index contributed by atoms with van der Waals surface area (Å²) in [6.07, 6.45) is 3.15. The summed E-state index contributed by atoms with van der Waals surface area (Å²) in [5, 5.41) is 5.15. The normalized spacial score (nSPS) is 13.1. The average Bonchev–Trinajstić information content (AvgIpc) is 2.41. The van der Waals surface area contributed by atoms with Crippen LogP contribution in [0.5, 0.6) is 0 Å². The number of halogens is 3. The molecule has 0 amide bonds. The van der Waals surface area contributed by atoms with E-state index in [1.807, 2.05) is 18.5 Å². The van der Waals surface area contributed by atoms with Crippen molar-refractivity contribution >= 4 is 39.1 Å². The van der Waals surface area contributed by atoms with Gasteiger partial charge in [0, 0.05) is 6.54 Å². The number of hydrogen-bond donors (Lipinski definition) is 0. The summed E-state index contributed by atoms with van der Waals surface area (Å²) in [5.74, 6) is 0. The summed E-state index contributed by atoms with van der Waals surface area (Å²) in [7, 11) is 0. The predicted octanol–water partition coefficient (Wildman–Crippen LogP) is 4.28. The summed E-state index contributed by atoms with van der Waals surface area (Å²) >= 11 is 15.2. The lowest BCUT2D eigenvalue weighted by Gasteiger charge is -2.04. The van der Waals surface area contributed by atoms with E-state index in [-0.39, 0.29) is 4.29 Å². The molecule has 0 saturated carbocycles. The van der Waals surface area contributed by atoms with E-state index in [1.165, 1.54) is 0 Å². The van der Waals surface area contributed by atoms with Gasteiger partial charge in [-0.2, -0.15) is 5.10 Å².